The molecule has 1 aliphatic heterocycles. The normalized spacial score (nSPS) is 28.5. The van der Waals surface area contributed by atoms with E-state index in [0.717, 1.165) is 11.3 Å². The summed E-state index contributed by atoms with van der Waals surface area (Å²) in [5.41, 5.74) is -0.726. The molecule has 4 heteroatoms. The minimum absolute atomic E-state index is 0.202. The molecule has 2 atom stereocenters. The number of hydrogen-bond acceptors (Lipinski definition) is 3. The molecule has 1 saturated heterocycles. The summed E-state index contributed by atoms with van der Waals surface area (Å²) in [6.07, 6.45) is 2.01. The third-order valence-corrected chi connectivity index (χ3v) is 4.91. The lowest BCUT2D eigenvalue weighted by Gasteiger charge is -2.26. The highest BCUT2D eigenvalue weighted by Gasteiger charge is 2.48. The molecule has 0 spiro atoms. The summed E-state index contributed by atoms with van der Waals surface area (Å²) >= 11 is 1.72. The molecule has 17 heavy (non-hydrogen) atoms. The van der Waals surface area contributed by atoms with Gasteiger partial charge in [0.1, 0.15) is 5.41 Å². The van der Waals surface area contributed by atoms with E-state index in [1.807, 2.05) is 6.92 Å². The van der Waals surface area contributed by atoms with Crippen LogP contribution in [0.15, 0.2) is 12.1 Å². The van der Waals surface area contributed by atoms with E-state index in [4.69, 9.17) is 4.74 Å². The molecule has 1 fully saturated rings. The minimum atomic E-state index is -0.728. The molecule has 0 saturated carbocycles. The summed E-state index contributed by atoms with van der Waals surface area (Å²) in [6.45, 7) is 4.54. The molecule has 0 amide bonds. The lowest BCUT2D eigenvalue weighted by atomic mass is 9.78. The highest BCUT2D eigenvalue weighted by Crippen LogP contribution is 2.39. The Morgan fingerprint density at radius 3 is 2.76 bits per heavy atom. The third-order valence-electron chi connectivity index (χ3n) is 3.68. The van der Waals surface area contributed by atoms with Crippen LogP contribution in [-0.2, 0) is 22.4 Å². The Balaban J connectivity index is 2.21. The topological polar surface area (TPSA) is 46.5 Å². The second-order valence-electron chi connectivity index (χ2n) is 4.62. The van der Waals surface area contributed by atoms with Gasteiger partial charge in [0, 0.05) is 22.8 Å². The number of carboxylic acid groups (broad SMARTS) is 1. The summed E-state index contributed by atoms with van der Waals surface area (Å²) in [5, 5.41) is 9.48. The molecule has 2 rings (SSSR count). The average Bonchev–Trinajstić information content (AvgIpc) is 2.88. The van der Waals surface area contributed by atoms with Crippen LogP contribution < -0.4 is 0 Å². The van der Waals surface area contributed by atoms with Gasteiger partial charge >= 0.3 is 5.97 Å². The zero-order chi connectivity index (χ0) is 12.5. The third kappa shape index (κ3) is 2.24. The second-order valence-corrected chi connectivity index (χ2v) is 5.88. The van der Waals surface area contributed by atoms with E-state index in [1.54, 1.807) is 11.3 Å². The first kappa shape index (κ1) is 12.6. The number of carboxylic acids is 1. The van der Waals surface area contributed by atoms with Crippen molar-refractivity contribution in [3.63, 3.8) is 0 Å². The summed E-state index contributed by atoms with van der Waals surface area (Å²) < 4.78 is 5.46. The number of aliphatic carboxylic acids is 1. The fraction of sp³-hybridized carbons (Fsp3) is 0.615. The summed E-state index contributed by atoms with van der Waals surface area (Å²) in [4.78, 5) is 14.0. The molecule has 0 aromatic carbocycles. The summed E-state index contributed by atoms with van der Waals surface area (Å²) in [6, 6.07) is 4.15. The van der Waals surface area contributed by atoms with E-state index < -0.39 is 11.4 Å². The fourth-order valence-electron chi connectivity index (χ4n) is 2.39. The number of rotatable bonds is 4. The highest BCUT2D eigenvalue weighted by atomic mass is 32.1. The fourth-order valence-corrected chi connectivity index (χ4v) is 3.47. The zero-order valence-electron chi connectivity index (χ0n) is 10.2. The highest BCUT2D eigenvalue weighted by molar-refractivity contribution is 7.12. The van der Waals surface area contributed by atoms with Crippen molar-refractivity contribution in [2.45, 2.75) is 39.2 Å². The molecular weight excluding hydrogens is 236 g/mol. The maximum atomic E-state index is 11.5. The van der Waals surface area contributed by atoms with Gasteiger partial charge < -0.3 is 9.84 Å². The van der Waals surface area contributed by atoms with E-state index in [9.17, 15) is 9.90 Å². The van der Waals surface area contributed by atoms with Gasteiger partial charge in [-0.25, -0.2) is 0 Å². The van der Waals surface area contributed by atoms with Gasteiger partial charge in [-0.3, -0.25) is 4.79 Å². The van der Waals surface area contributed by atoms with Crippen LogP contribution in [0, 0.1) is 5.41 Å². The maximum Gasteiger partial charge on any atom is 0.312 e. The summed E-state index contributed by atoms with van der Waals surface area (Å²) in [7, 11) is 0. The van der Waals surface area contributed by atoms with Crippen LogP contribution in [0.3, 0.4) is 0 Å². The molecule has 1 aromatic rings. The molecule has 1 N–H and O–H groups in total. The predicted molar refractivity (Wildman–Crippen MR) is 67.5 cm³/mol. The molecule has 1 aliphatic rings. The van der Waals surface area contributed by atoms with Crippen molar-refractivity contribution in [2.24, 2.45) is 5.41 Å². The number of thiophene rings is 1. The van der Waals surface area contributed by atoms with Crippen molar-refractivity contribution >= 4 is 17.3 Å². The first-order valence-corrected chi connectivity index (χ1v) is 6.82. The van der Waals surface area contributed by atoms with E-state index >= 15 is 0 Å². The number of hydrogen-bond donors (Lipinski definition) is 1. The number of aryl methyl sites for hydroxylation is 1. The van der Waals surface area contributed by atoms with Crippen LogP contribution in [-0.4, -0.2) is 23.8 Å². The Labute approximate surface area is 105 Å². The van der Waals surface area contributed by atoms with Crippen LogP contribution in [0.4, 0.5) is 0 Å². The standard InChI is InChI=1S/C13H18O3S/c1-3-10-4-5-11(17-10)8-13(12(14)15)6-7-16-9(13)2/h4-5,9H,3,6-8H2,1-2H3,(H,14,15). The van der Waals surface area contributed by atoms with Gasteiger partial charge in [-0.15, -0.1) is 11.3 Å². The molecule has 0 radical (unpaired) electrons. The van der Waals surface area contributed by atoms with Gasteiger partial charge in [0.05, 0.1) is 6.10 Å². The second kappa shape index (κ2) is 4.78. The Morgan fingerprint density at radius 1 is 1.59 bits per heavy atom. The molecule has 94 valence electrons. The van der Waals surface area contributed by atoms with Gasteiger partial charge in [0.2, 0.25) is 0 Å². The van der Waals surface area contributed by atoms with Crippen LogP contribution in [0.2, 0.25) is 0 Å². The summed E-state index contributed by atoms with van der Waals surface area (Å²) in [5.74, 6) is -0.728. The van der Waals surface area contributed by atoms with Crippen LogP contribution in [0.1, 0.15) is 30.0 Å². The molecule has 0 bridgehead atoms. The van der Waals surface area contributed by atoms with Gasteiger partial charge in [-0.05, 0) is 31.9 Å². The van der Waals surface area contributed by atoms with E-state index in [0.29, 0.717) is 19.4 Å². The van der Waals surface area contributed by atoms with Crippen LogP contribution in [0.25, 0.3) is 0 Å². The minimum Gasteiger partial charge on any atom is -0.481 e. The maximum absolute atomic E-state index is 11.5. The molecule has 2 heterocycles. The lowest BCUT2D eigenvalue weighted by molar-refractivity contribution is -0.151. The van der Waals surface area contributed by atoms with Gasteiger partial charge in [0.25, 0.3) is 0 Å². The van der Waals surface area contributed by atoms with Gasteiger partial charge in [-0.1, -0.05) is 6.92 Å². The van der Waals surface area contributed by atoms with E-state index in [-0.39, 0.29) is 6.10 Å². The van der Waals surface area contributed by atoms with Crippen molar-refractivity contribution < 1.29 is 14.6 Å². The molecule has 0 aliphatic carbocycles. The van der Waals surface area contributed by atoms with Crippen molar-refractivity contribution in [2.75, 3.05) is 6.61 Å². The van der Waals surface area contributed by atoms with Crippen LogP contribution >= 0.6 is 11.3 Å². The SMILES string of the molecule is CCc1ccc(CC2(C(=O)O)CCOC2C)s1. The van der Waals surface area contributed by atoms with Crippen molar-refractivity contribution in [1.82, 2.24) is 0 Å². The Kier molecular flexibility index (Phi) is 3.54. The smallest absolute Gasteiger partial charge is 0.312 e. The zero-order valence-corrected chi connectivity index (χ0v) is 11.0. The average molecular weight is 254 g/mol. The molecule has 3 nitrogen and oxygen atoms in total. The first-order valence-electron chi connectivity index (χ1n) is 6.01. The first-order chi connectivity index (χ1) is 8.08. The van der Waals surface area contributed by atoms with Crippen molar-refractivity contribution in [3.8, 4) is 0 Å². The van der Waals surface area contributed by atoms with Gasteiger partial charge in [0.15, 0.2) is 0 Å². The largest absolute Gasteiger partial charge is 0.481 e. The lowest BCUT2D eigenvalue weighted by Crippen LogP contribution is -2.39. The van der Waals surface area contributed by atoms with Gasteiger partial charge in [-0.2, -0.15) is 0 Å². The van der Waals surface area contributed by atoms with E-state index in [1.165, 1.54) is 4.88 Å². The Hall–Kier alpha value is -0.870. The Morgan fingerprint density at radius 2 is 2.29 bits per heavy atom. The number of ether oxygens (including phenoxy) is 1. The quantitative estimate of drug-likeness (QED) is 0.898. The monoisotopic (exact) mass is 254 g/mol. The van der Waals surface area contributed by atoms with E-state index in [2.05, 4.69) is 19.1 Å². The molecule has 2 unspecified atom stereocenters. The predicted octanol–water partition coefficient (Wildman–Crippen LogP) is 2.73. The van der Waals surface area contributed by atoms with Crippen molar-refractivity contribution in [3.05, 3.63) is 21.9 Å². The Bertz CT molecular complexity index is 413. The molecular formula is C13H18O3S. The van der Waals surface area contributed by atoms with Crippen molar-refractivity contribution in [1.29, 1.82) is 0 Å². The van der Waals surface area contributed by atoms with Crippen LogP contribution in [0.5, 0.6) is 0 Å². The molecule has 1 aromatic heterocycles. The number of carbonyl (C=O) groups is 1.